The van der Waals surface area contributed by atoms with Gasteiger partial charge < -0.3 is 15.2 Å². The second-order valence-electron chi connectivity index (χ2n) is 3.87. The standard InChI is InChI=1S/C12H10N4O5/c1-21-10-3-2-8(6-13-10)15-11-9(16(19)20)4-7(5-14-11)12(17)18/h2-6H,1H3,(H,14,15)(H,17,18). The summed E-state index contributed by atoms with van der Waals surface area (Å²) in [6.07, 6.45) is 2.45. The van der Waals surface area contributed by atoms with Crippen LogP contribution in [0.2, 0.25) is 0 Å². The Labute approximate surface area is 118 Å². The first-order chi connectivity index (χ1) is 10.0. The monoisotopic (exact) mass is 290 g/mol. The van der Waals surface area contributed by atoms with Crippen LogP contribution in [0.15, 0.2) is 30.6 Å². The highest BCUT2D eigenvalue weighted by molar-refractivity contribution is 5.89. The van der Waals surface area contributed by atoms with Crippen LogP contribution in [0.1, 0.15) is 10.4 Å². The van der Waals surface area contributed by atoms with E-state index < -0.39 is 16.6 Å². The summed E-state index contributed by atoms with van der Waals surface area (Å²) in [7, 11) is 1.46. The number of nitrogens with one attached hydrogen (secondary N) is 1. The Morgan fingerprint density at radius 2 is 2.14 bits per heavy atom. The molecule has 9 heteroatoms. The summed E-state index contributed by atoms with van der Waals surface area (Å²) in [5.41, 5.74) is -0.250. The van der Waals surface area contributed by atoms with Gasteiger partial charge in [-0.25, -0.2) is 14.8 Å². The van der Waals surface area contributed by atoms with E-state index in [1.165, 1.54) is 13.3 Å². The fourth-order valence-electron chi connectivity index (χ4n) is 1.52. The van der Waals surface area contributed by atoms with Gasteiger partial charge in [0, 0.05) is 18.3 Å². The fourth-order valence-corrected chi connectivity index (χ4v) is 1.52. The number of carboxylic acids is 1. The molecule has 0 aromatic carbocycles. The van der Waals surface area contributed by atoms with E-state index in [0.29, 0.717) is 11.6 Å². The van der Waals surface area contributed by atoms with E-state index in [1.54, 1.807) is 12.1 Å². The van der Waals surface area contributed by atoms with Gasteiger partial charge in [0.25, 0.3) is 0 Å². The summed E-state index contributed by atoms with van der Waals surface area (Å²) in [6.45, 7) is 0. The number of nitro groups is 1. The van der Waals surface area contributed by atoms with Crippen molar-refractivity contribution < 1.29 is 19.6 Å². The number of hydrogen-bond acceptors (Lipinski definition) is 7. The lowest BCUT2D eigenvalue weighted by Crippen LogP contribution is -2.04. The number of methoxy groups -OCH3 is 1. The topological polar surface area (TPSA) is 127 Å². The second kappa shape index (κ2) is 5.82. The number of carbonyl (C=O) groups is 1. The maximum absolute atomic E-state index is 11.0. The minimum atomic E-state index is -1.29. The Hall–Kier alpha value is -3.23. The van der Waals surface area contributed by atoms with Crippen LogP contribution in [0.5, 0.6) is 5.88 Å². The first kappa shape index (κ1) is 14.2. The zero-order valence-corrected chi connectivity index (χ0v) is 10.8. The van der Waals surface area contributed by atoms with Crippen molar-refractivity contribution in [2.45, 2.75) is 0 Å². The van der Waals surface area contributed by atoms with Gasteiger partial charge in [-0.15, -0.1) is 0 Å². The van der Waals surface area contributed by atoms with Crippen LogP contribution < -0.4 is 10.1 Å². The van der Waals surface area contributed by atoms with Crippen LogP contribution in [0.3, 0.4) is 0 Å². The van der Waals surface area contributed by atoms with Crippen LogP contribution in [0.4, 0.5) is 17.2 Å². The third-order valence-electron chi connectivity index (χ3n) is 2.52. The normalized spacial score (nSPS) is 9.95. The van der Waals surface area contributed by atoms with Gasteiger partial charge in [0.1, 0.15) is 0 Å². The molecule has 2 aromatic rings. The first-order valence-electron chi connectivity index (χ1n) is 5.66. The number of pyridine rings is 2. The average Bonchev–Trinajstić information content (AvgIpc) is 2.48. The van der Waals surface area contributed by atoms with Crippen LogP contribution in [-0.2, 0) is 0 Å². The van der Waals surface area contributed by atoms with Crippen molar-refractivity contribution in [2.24, 2.45) is 0 Å². The van der Waals surface area contributed by atoms with Crippen molar-refractivity contribution in [1.82, 2.24) is 9.97 Å². The number of ether oxygens (including phenoxy) is 1. The molecule has 0 atom stereocenters. The summed E-state index contributed by atoms with van der Waals surface area (Å²) >= 11 is 0. The van der Waals surface area contributed by atoms with Gasteiger partial charge in [-0.2, -0.15) is 0 Å². The molecule has 21 heavy (non-hydrogen) atoms. The van der Waals surface area contributed by atoms with E-state index in [0.717, 1.165) is 12.3 Å². The molecule has 0 amide bonds. The average molecular weight is 290 g/mol. The van der Waals surface area contributed by atoms with Gasteiger partial charge in [0.05, 0.1) is 29.5 Å². The molecule has 0 saturated heterocycles. The zero-order chi connectivity index (χ0) is 15.4. The quantitative estimate of drug-likeness (QED) is 0.630. The molecule has 2 rings (SSSR count). The number of aromatic nitrogens is 2. The molecule has 0 aliphatic rings. The Bertz CT molecular complexity index is 687. The molecule has 2 N–H and O–H groups in total. The van der Waals surface area contributed by atoms with Gasteiger partial charge >= 0.3 is 11.7 Å². The van der Waals surface area contributed by atoms with Crippen molar-refractivity contribution in [2.75, 3.05) is 12.4 Å². The van der Waals surface area contributed by atoms with Crippen LogP contribution >= 0.6 is 0 Å². The van der Waals surface area contributed by atoms with Crippen LogP contribution in [-0.4, -0.2) is 33.1 Å². The number of nitrogens with zero attached hydrogens (tertiary/aromatic N) is 3. The summed E-state index contributed by atoms with van der Waals surface area (Å²) in [5, 5.41) is 22.5. The highest BCUT2D eigenvalue weighted by Crippen LogP contribution is 2.26. The van der Waals surface area contributed by atoms with Crippen molar-refractivity contribution in [3.63, 3.8) is 0 Å². The van der Waals surface area contributed by atoms with E-state index in [4.69, 9.17) is 9.84 Å². The van der Waals surface area contributed by atoms with Gasteiger partial charge in [-0.1, -0.05) is 0 Å². The third kappa shape index (κ3) is 3.21. The first-order valence-corrected chi connectivity index (χ1v) is 5.66. The highest BCUT2D eigenvalue weighted by atomic mass is 16.6. The lowest BCUT2D eigenvalue weighted by atomic mass is 10.2. The molecule has 108 valence electrons. The Kier molecular flexibility index (Phi) is 3.93. The molecule has 0 aliphatic carbocycles. The van der Waals surface area contributed by atoms with Crippen molar-refractivity contribution >= 4 is 23.2 Å². The number of carboxylic acid groups (broad SMARTS) is 1. The smallest absolute Gasteiger partial charge is 0.337 e. The van der Waals surface area contributed by atoms with E-state index in [-0.39, 0.29) is 11.4 Å². The summed E-state index contributed by atoms with van der Waals surface area (Å²) in [4.78, 5) is 28.8. The van der Waals surface area contributed by atoms with Gasteiger partial charge in [-0.3, -0.25) is 10.1 Å². The number of rotatable bonds is 5. The molecule has 2 heterocycles. The van der Waals surface area contributed by atoms with Gasteiger partial charge in [0.2, 0.25) is 11.7 Å². The molecule has 9 nitrogen and oxygen atoms in total. The van der Waals surface area contributed by atoms with E-state index in [2.05, 4.69) is 15.3 Å². The molecule has 0 saturated carbocycles. The van der Waals surface area contributed by atoms with Gasteiger partial charge in [0.15, 0.2) is 0 Å². The molecule has 2 aromatic heterocycles. The SMILES string of the molecule is COc1ccc(Nc2ncc(C(=O)O)cc2[N+](=O)[O-])cn1. The molecule has 0 fully saturated rings. The number of anilines is 2. The number of aromatic carboxylic acids is 1. The maximum Gasteiger partial charge on any atom is 0.337 e. The van der Waals surface area contributed by atoms with E-state index >= 15 is 0 Å². The van der Waals surface area contributed by atoms with Crippen molar-refractivity contribution in [3.05, 3.63) is 46.3 Å². The van der Waals surface area contributed by atoms with Crippen LogP contribution in [0.25, 0.3) is 0 Å². The second-order valence-corrected chi connectivity index (χ2v) is 3.87. The predicted molar refractivity (Wildman–Crippen MR) is 71.9 cm³/mol. The molecule has 0 unspecified atom stereocenters. The largest absolute Gasteiger partial charge is 0.481 e. The molecule has 0 radical (unpaired) electrons. The maximum atomic E-state index is 11.0. The Morgan fingerprint density at radius 1 is 1.38 bits per heavy atom. The molecule has 0 bridgehead atoms. The van der Waals surface area contributed by atoms with Crippen molar-refractivity contribution in [3.8, 4) is 5.88 Å². The number of hydrogen-bond donors (Lipinski definition) is 2. The van der Waals surface area contributed by atoms with E-state index in [9.17, 15) is 14.9 Å². The minimum Gasteiger partial charge on any atom is -0.481 e. The Morgan fingerprint density at radius 3 is 2.67 bits per heavy atom. The van der Waals surface area contributed by atoms with Gasteiger partial charge in [-0.05, 0) is 6.07 Å². The summed E-state index contributed by atoms with van der Waals surface area (Å²) in [5.74, 6) is -0.968. The highest BCUT2D eigenvalue weighted by Gasteiger charge is 2.19. The zero-order valence-electron chi connectivity index (χ0n) is 10.8. The molecule has 0 spiro atoms. The minimum absolute atomic E-state index is 0.0723. The predicted octanol–water partition coefficient (Wildman–Crippen LogP) is 1.84. The van der Waals surface area contributed by atoms with Crippen molar-refractivity contribution in [1.29, 1.82) is 0 Å². The lowest BCUT2D eigenvalue weighted by molar-refractivity contribution is -0.384. The lowest BCUT2D eigenvalue weighted by Gasteiger charge is -2.07. The van der Waals surface area contributed by atoms with E-state index in [1.807, 2.05) is 0 Å². The van der Waals surface area contributed by atoms with Crippen LogP contribution in [0, 0.1) is 10.1 Å². The molecular formula is C12H10N4O5. The third-order valence-corrected chi connectivity index (χ3v) is 2.52. The molecule has 0 aliphatic heterocycles. The fraction of sp³-hybridized carbons (Fsp3) is 0.0833. The summed E-state index contributed by atoms with van der Waals surface area (Å²) in [6, 6.07) is 4.11. The summed E-state index contributed by atoms with van der Waals surface area (Å²) < 4.78 is 4.90. The molecular weight excluding hydrogens is 280 g/mol. The Balaban J connectivity index is 2.34.